The summed E-state index contributed by atoms with van der Waals surface area (Å²) in [7, 11) is -3.08. The highest BCUT2D eigenvalue weighted by atomic mass is 32.2. The van der Waals surface area contributed by atoms with Crippen molar-refractivity contribution in [2.45, 2.75) is 19.9 Å². The van der Waals surface area contributed by atoms with Crippen LogP contribution >= 0.6 is 11.8 Å². The van der Waals surface area contributed by atoms with Gasteiger partial charge in [-0.05, 0) is 6.26 Å². The molecular formula is C8H20N2O2S2. The van der Waals surface area contributed by atoms with Crippen LogP contribution in [-0.4, -0.2) is 45.3 Å². The predicted octanol–water partition coefficient (Wildman–Crippen LogP) is 0.267. The first-order valence-corrected chi connectivity index (χ1v) is 7.72. The molecule has 0 aliphatic carbocycles. The molecule has 0 aromatic heterocycles. The predicted molar refractivity (Wildman–Crippen MR) is 63.3 cm³/mol. The van der Waals surface area contributed by atoms with E-state index in [1.807, 2.05) is 20.1 Å². The van der Waals surface area contributed by atoms with Gasteiger partial charge in [-0.3, -0.25) is 0 Å². The largest absolute Gasteiger partial charge is 0.313 e. The molecule has 0 heterocycles. The molecule has 0 amide bonds. The fraction of sp³-hybridized carbons (Fsp3) is 1.00. The molecule has 0 rings (SSSR count). The first-order valence-electron chi connectivity index (χ1n) is 4.67. The smallest absolute Gasteiger partial charge is 0.212 e. The summed E-state index contributed by atoms with van der Waals surface area (Å²) in [5, 5.41) is 3.07. The molecule has 0 aromatic rings. The Kier molecular flexibility index (Phi) is 7.62. The normalized spacial score (nSPS) is 12.3. The van der Waals surface area contributed by atoms with Gasteiger partial charge in [-0.25, -0.2) is 13.1 Å². The Bertz CT molecular complexity index is 227. The molecule has 0 atom stereocenters. The van der Waals surface area contributed by atoms with Crippen LogP contribution in [0.3, 0.4) is 0 Å². The fourth-order valence-electron chi connectivity index (χ4n) is 0.853. The maximum atomic E-state index is 11.3. The molecule has 0 saturated heterocycles. The maximum Gasteiger partial charge on any atom is 0.212 e. The average molecular weight is 240 g/mol. The van der Waals surface area contributed by atoms with E-state index < -0.39 is 10.0 Å². The van der Waals surface area contributed by atoms with Gasteiger partial charge >= 0.3 is 0 Å². The fourth-order valence-corrected chi connectivity index (χ4v) is 2.23. The Balaban J connectivity index is 3.62. The third-order valence-electron chi connectivity index (χ3n) is 1.55. The van der Waals surface area contributed by atoms with Gasteiger partial charge in [0.2, 0.25) is 10.0 Å². The van der Waals surface area contributed by atoms with Crippen LogP contribution < -0.4 is 10.0 Å². The van der Waals surface area contributed by atoms with Crippen molar-refractivity contribution in [1.29, 1.82) is 0 Å². The monoisotopic (exact) mass is 240 g/mol. The van der Waals surface area contributed by atoms with Crippen LogP contribution in [0.5, 0.6) is 0 Å². The molecule has 0 saturated carbocycles. The number of hydrogen-bond acceptors (Lipinski definition) is 4. The molecular weight excluding hydrogens is 220 g/mol. The van der Waals surface area contributed by atoms with Crippen molar-refractivity contribution in [3.05, 3.63) is 0 Å². The van der Waals surface area contributed by atoms with Gasteiger partial charge in [0, 0.05) is 24.9 Å². The van der Waals surface area contributed by atoms with Gasteiger partial charge in [0.15, 0.2) is 0 Å². The highest BCUT2D eigenvalue weighted by Gasteiger charge is 2.08. The molecule has 0 spiro atoms. The highest BCUT2D eigenvalue weighted by molar-refractivity contribution is 7.98. The van der Waals surface area contributed by atoms with Crippen molar-refractivity contribution in [3.8, 4) is 0 Å². The van der Waals surface area contributed by atoms with Crippen LogP contribution in [0.25, 0.3) is 0 Å². The second kappa shape index (κ2) is 7.50. The van der Waals surface area contributed by atoms with Gasteiger partial charge in [-0.15, -0.1) is 0 Å². The van der Waals surface area contributed by atoms with E-state index in [-0.39, 0.29) is 5.75 Å². The molecule has 0 aliphatic rings. The van der Waals surface area contributed by atoms with Crippen molar-refractivity contribution < 1.29 is 8.42 Å². The van der Waals surface area contributed by atoms with Crippen molar-refractivity contribution in [2.24, 2.45) is 0 Å². The minimum Gasteiger partial charge on any atom is -0.313 e. The molecule has 0 aromatic carbocycles. The number of rotatable bonds is 8. The standard InChI is InChI=1S/C8H20N2O2S2/c1-8(2)9-5-7-14(11,12)10-4-6-13-3/h8-10H,4-7H2,1-3H3. The second-order valence-corrected chi connectivity index (χ2v) is 6.23. The van der Waals surface area contributed by atoms with Crippen LogP contribution in [0.15, 0.2) is 0 Å². The van der Waals surface area contributed by atoms with E-state index in [0.717, 1.165) is 5.75 Å². The first kappa shape index (κ1) is 14.2. The van der Waals surface area contributed by atoms with Gasteiger partial charge < -0.3 is 5.32 Å². The van der Waals surface area contributed by atoms with E-state index in [9.17, 15) is 8.42 Å². The Morgan fingerprint density at radius 2 is 1.93 bits per heavy atom. The highest BCUT2D eigenvalue weighted by Crippen LogP contribution is 1.90. The average Bonchev–Trinajstić information content (AvgIpc) is 2.03. The molecule has 0 fully saturated rings. The molecule has 6 heteroatoms. The van der Waals surface area contributed by atoms with Crippen LogP contribution in [0.2, 0.25) is 0 Å². The van der Waals surface area contributed by atoms with E-state index in [2.05, 4.69) is 10.0 Å². The topological polar surface area (TPSA) is 58.2 Å². The third-order valence-corrected chi connectivity index (χ3v) is 3.55. The van der Waals surface area contributed by atoms with E-state index in [1.54, 1.807) is 11.8 Å². The molecule has 86 valence electrons. The number of hydrogen-bond donors (Lipinski definition) is 2. The molecule has 0 aliphatic heterocycles. The van der Waals surface area contributed by atoms with Crippen molar-refractivity contribution in [2.75, 3.05) is 30.9 Å². The summed E-state index contributed by atoms with van der Waals surface area (Å²) in [6.45, 7) is 5.01. The zero-order valence-corrected chi connectivity index (χ0v) is 10.7. The molecule has 0 radical (unpaired) electrons. The van der Waals surface area contributed by atoms with E-state index in [0.29, 0.717) is 19.1 Å². The van der Waals surface area contributed by atoms with Crippen LogP contribution in [0, 0.1) is 0 Å². The maximum absolute atomic E-state index is 11.3. The SMILES string of the molecule is CSCCNS(=O)(=O)CCNC(C)C. The van der Waals surface area contributed by atoms with E-state index in [4.69, 9.17) is 0 Å². The lowest BCUT2D eigenvalue weighted by molar-refractivity contribution is 0.569. The summed E-state index contributed by atoms with van der Waals surface area (Å²) in [6.07, 6.45) is 1.95. The van der Waals surface area contributed by atoms with Gasteiger partial charge in [-0.1, -0.05) is 13.8 Å². The number of sulfonamides is 1. The van der Waals surface area contributed by atoms with Gasteiger partial charge in [-0.2, -0.15) is 11.8 Å². The quantitative estimate of drug-likeness (QED) is 0.598. The minimum atomic E-state index is -3.08. The van der Waals surface area contributed by atoms with Crippen LogP contribution in [0.4, 0.5) is 0 Å². The van der Waals surface area contributed by atoms with Crippen molar-refractivity contribution in [1.82, 2.24) is 10.0 Å². The lowest BCUT2D eigenvalue weighted by Crippen LogP contribution is -2.35. The minimum absolute atomic E-state index is 0.152. The zero-order chi connectivity index (χ0) is 11.0. The Hall–Kier alpha value is 0.220. The number of thioether (sulfide) groups is 1. The molecule has 0 unspecified atom stereocenters. The summed E-state index contributed by atoms with van der Waals surface area (Å²) >= 11 is 1.63. The zero-order valence-electron chi connectivity index (χ0n) is 9.04. The molecule has 0 bridgehead atoms. The van der Waals surface area contributed by atoms with Crippen LogP contribution in [-0.2, 0) is 10.0 Å². The summed E-state index contributed by atoms with van der Waals surface area (Å²) in [5.41, 5.74) is 0. The lowest BCUT2D eigenvalue weighted by Gasteiger charge is -2.09. The second-order valence-electron chi connectivity index (χ2n) is 3.31. The molecule has 4 nitrogen and oxygen atoms in total. The van der Waals surface area contributed by atoms with Gasteiger partial charge in [0.1, 0.15) is 0 Å². The third kappa shape index (κ3) is 8.80. The number of nitrogens with one attached hydrogen (secondary N) is 2. The summed E-state index contributed by atoms with van der Waals surface area (Å²) in [5.74, 6) is 0.969. The Morgan fingerprint density at radius 1 is 1.29 bits per heavy atom. The summed E-state index contributed by atoms with van der Waals surface area (Å²) < 4.78 is 25.2. The summed E-state index contributed by atoms with van der Waals surface area (Å²) in [4.78, 5) is 0. The first-order chi connectivity index (χ1) is 6.48. The molecule has 2 N–H and O–H groups in total. The molecule has 14 heavy (non-hydrogen) atoms. The van der Waals surface area contributed by atoms with Crippen molar-refractivity contribution in [3.63, 3.8) is 0 Å². The Morgan fingerprint density at radius 3 is 2.43 bits per heavy atom. The lowest BCUT2D eigenvalue weighted by atomic mass is 10.4. The van der Waals surface area contributed by atoms with E-state index in [1.165, 1.54) is 0 Å². The van der Waals surface area contributed by atoms with Gasteiger partial charge in [0.05, 0.1) is 5.75 Å². The van der Waals surface area contributed by atoms with Crippen molar-refractivity contribution >= 4 is 21.8 Å². The Labute approximate surface area is 91.3 Å². The van der Waals surface area contributed by atoms with E-state index >= 15 is 0 Å². The summed E-state index contributed by atoms with van der Waals surface area (Å²) in [6, 6.07) is 0.330. The van der Waals surface area contributed by atoms with Gasteiger partial charge in [0.25, 0.3) is 0 Å². The van der Waals surface area contributed by atoms with Crippen LogP contribution in [0.1, 0.15) is 13.8 Å².